The lowest BCUT2D eigenvalue weighted by Crippen LogP contribution is -2.29. The summed E-state index contributed by atoms with van der Waals surface area (Å²) < 4.78 is 1.24. The van der Waals surface area contributed by atoms with E-state index < -0.39 is 0 Å². The van der Waals surface area contributed by atoms with Gasteiger partial charge in [0.05, 0.1) is 11.2 Å². The molecule has 2 rings (SSSR count). The van der Waals surface area contributed by atoms with Crippen molar-refractivity contribution in [1.29, 1.82) is 0 Å². The highest BCUT2D eigenvalue weighted by Gasteiger charge is 2.31. The summed E-state index contributed by atoms with van der Waals surface area (Å²) in [5, 5.41) is 7.53. The third kappa shape index (κ3) is 3.10. The maximum absolute atomic E-state index is 12.2. The van der Waals surface area contributed by atoms with Gasteiger partial charge in [0.15, 0.2) is 0 Å². The molecule has 4 nitrogen and oxygen atoms in total. The van der Waals surface area contributed by atoms with Crippen molar-refractivity contribution < 1.29 is 0 Å². The van der Waals surface area contributed by atoms with Crippen LogP contribution in [0.3, 0.4) is 0 Å². The van der Waals surface area contributed by atoms with Crippen molar-refractivity contribution in [3.05, 3.63) is 21.6 Å². The molecule has 1 atom stereocenters. The van der Waals surface area contributed by atoms with Gasteiger partial charge in [-0.15, -0.1) is 6.42 Å². The summed E-state index contributed by atoms with van der Waals surface area (Å²) in [6, 6.07) is 0.280. The lowest BCUT2D eigenvalue weighted by molar-refractivity contribution is 0.378. The van der Waals surface area contributed by atoms with E-state index in [2.05, 4.69) is 30.2 Å². The fourth-order valence-electron chi connectivity index (χ4n) is 2.56. The van der Waals surface area contributed by atoms with Gasteiger partial charge in [-0.1, -0.05) is 31.4 Å². The molecule has 1 saturated carbocycles. The molecule has 1 unspecified atom stereocenters. The van der Waals surface area contributed by atoms with Crippen LogP contribution in [0.15, 0.2) is 11.0 Å². The van der Waals surface area contributed by atoms with Gasteiger partial charge in [-0.3, -0.25) is 4.79 Å². The summed E-state index contributed by atoms with van der Waals surface area (Å²) in [5.41, 5.74) is 0.472. The molecule has 1 heterocycles. The van der Waals surface area contributed by atoms with E-state index in [9.17, 15) is 4.79 Å². The molecule has 0 bridgehead atoms. The monoisotopic (exact) mass is 279 g/mol. The number of anilines is 1. The summed E-state index contributed by atoms with van der Waals surface area (Å²) in [7, 11) is 0. The molecule has 19 heavy (non-hydrogen) atoms. The summed E-state index contributed by atoms with van der Waals surface area (Å²) in [4.78, 5) is 12.2. The third-order valence-electron chi connectivity index (χ3n) is 3.56. The molecule has 1 aliphatic carbocycles. The van der Waals surface area contributed by atoms with E-state index in [4.69, 9.17) is 18.0 Å². The second-order valence-corrected chi connectivity index (χ2v) is 6.19. The minimum atomic E-state index is -0.254. The Morgan fingerprint density at radius 2 is 2.42 bits per heavy atom. The average molecular weight is 280 g/mol. The molecule has 5 heteroatoms. The van der Waals surface area contributed by atoms with E-state index >= 15 is 0 Å². The van der Waals surface area contributed by atoms with Gasteiger partial charge >= 0.3 is 0 Å². The maximum atomic E-state index is 12.2. The molecular weight excluding hydrogens is 262 g/mol. The van der Waals surface area contributed by atoms with Gasteiger partial charge in [-0.2, -0.15) is 5.10 Å². The molecule has 1 fully saturated rings. The van der Waals surface area contributed by atoms with E-state index in [1.165, 1.54) is 10.9 Å². The van der Waals surface area contributed by atoms with Crippen molar-refractivity contribution in [2.45, 2.75) is 45.7 Å². The zero-order valence-corrected chi connectivity index (χ0v) is 12.0. The third-order valence-corrected chi connectivity index (χ3v) is 3.84. The Hall–Kier alpha value is -1.47. The zero-order chi connectivity index (χ0) is 14.0. The molecule has 0 aliphatic heterocycles. The highest BCUT2D eigenvalue weighted by molar-refractivity contribution is 6.33. The predicted molar refractivity (Wildman–Crippen MR) is 77.4 cm³/mol. The number of aromatic nitrogens is 2. The van der Waals surface area contributed by atoms with Crippen molar-refractivity contribution >= 4 is 17.3 Å². The second kappa shape index (κ2) is 5.26. The van der Waals surface area contributed by atoms with Crippen LogP contribution < -0.4 is 10.9 Å². The van der Waals surface area contributed by atoms with E-state index in [0.29, 0.717) is 16.1 Å². The Balaban J connectivity index is 2.23. The Morgan fingerprint density at radius 3 is 3.00 bits per heavy atom. The molecule has 1 N–H and O–H groups in total. The van der Waals surface area contributed by atoms with E-state index in [0.717, 1.165) is 19.3 Å². The first kappa shape index (κ1) is 14.0. The van der Waals surface area contributed by atoms with Gasteiger partial charge in [-0.05, 0) is 24.7 Å². The normalized spacial score (nSPS) is 21.1. The Bertz CT molecular complexity index is 571. The number of hydrogen-bond donors (Lipinski definition) is 1. The van der Waals surface area contributed by atoms with E-state index in [1.807, 2.05) is 0 Å². The van der Waals surface area contributed by atoms with Gasteiger partial charge < -0.3 is 5.32 Å². The van der Waals surface area contributed by atoms with Crippen molar-refractivity contribution in [3.8, 4) is 12.3 Å². The van der Waals surface area contributed by atoms with Crippen LogP contribution in [0, 0.1) is 17.8 Å². The largest absolute Gasteiger partial charge is 0.377 e. The lowest BCUT2D eigenvalue weighted by atomic mass is 9.92. The maximum Gasteiger partial charge on any atom is 0.292 e. The fraction of sp³-hybridized carbons (Fsp3) is 0.571. The van der Waals surface area contributed by atoms with Gasteiger partial charge in [0.25, 0.3) is 5.56 Å². The van der Waals surface area contributed by atoms with Gasteiger partial charge in [-0.25, -0.2) is 4.68 Å². The molecule has 1 aromatic heterocycles. The number of rotatable bonds is 3. The van der Waals surface area contributed by atoms with Crippen molar-refractivity contribution in [1.82, 2.24) is 9.78 Å². The van der Waals surface area contributed by atoms with Gasteiger partial charge in [0, 0.05) is 6.04 Å². The highest BCUT2D eigenvalue weighted by Crippen LogP contribution is 2.38. The fourth-order valence-corrected chi connectivity index (χ4v) is 2.74. The summed E-state index contributed by atoms with van der Waals surface area (Å²) in [6.07, 6.45) is 9.89. The minimum absolute atomic E-state index is 0.154. The van der Waals surface area contributed by atoms with E-state index in [-0.39, 0.29) is 18.1 Å². The molecule has 0 spiro atoms. The first-order valence-corrected chi connectivity index (χ1v) is 6.76. The quantitative estimate of drug-likeness (QED) is 0.865. The number of hydrogen-bond acceptors (Lipinski definition) is 3. The molecule has 0 amide bonds. The molecule has 0 aromatic carbocycles. The van der Waals surface area contributed by atoms with Crippen LogP contribution in [-0.4, -0.2) is 15.8 Å². The standard InChI is InChI=1S/C14H18ClN3O/c1-4-7-18-13(19)12(11(15)9-16-18)17-10-5-6-14(2,3)8-10/h1,9-10,17H,5-8H2,2-3H3. The summed E-state index contributed by atoms with van der Waals surface area (Å²) in [5.74, 6) is 2.41. The smallest absolute Gasteiger partial charge is 0.292 e. The lowest BCUT2D eigenvalue weighted by Gasteiger charge is -2.19. The van der Waals surface area contributed by atoms with Gasteiger partial charge in [0.1, 0.15) is 12.2 Å². The molecule has 1 aromatic rings. The predicted octanol–water partition coefficient (Wildman–Crippen LogP) is 2.52. The second-order valence-electron chi connectivity index (χ2n) is 5.78. The van der Waals surface area contributed by atoms with Gasteiger partial charge in [0.2, 0.25) is 0 Å². The Labute approximate surface area is 118 Å². The highest BCUT2D eigenvalue weighted by atomic mass is 35.5. The number of halogens is 1. The van der Waals surface area contributed by atoms with Crippen molar-refractivity contribution in [3.63, 3.8) is 0 Å². The van der Waals surface area contributed by atoms with Crippen molar-refractivity contribution in [2.24, 2.45) is 5.41 Å². The number of terminal acetylenes is 1. The number of nitrogens with zero attached hydrogens (tertiary/aromatic N) is 2. The average Bonchev–Trinajstić information content (AvgIpc) is 2.68. The Morgan fingerprint density at radius 1 is 1.68 bits per heavy atom. The van der Waals surface area contributed by atoms with Crippen LogP contribution in [-0.2, 0) is 6.54 Å². The van der Waals surface area contributed by atoms with Crippen LogP contribution in [0.5, 0.6) is 0 Å². The van der Waals surface area contributed by atoms with E-state index in [1.54, 1.807) is 0 Å². The van der Waals surface area contributed by atoms with Crippen LogP contribution in [0.25, 0.3) is 0 Å². The SMILES string of the molecule is C#CCn1ncc(Cl)c(NC2CCC(C)(C)C2)c1=O. The molecule has 0 saturated heterocycles. The first-order valence-electron chi connectivity index (χ1n) is 6.38. The van der Waals surface area contributed by atoms with Crippen LogP contribution in [0.1, 0.15) is 33.1 Å². The molecule has 0 radical (unpaired) electrons. The molecule has 102 valence electrons. The van der Waals surface area contributed by atoms with Crippen LogP contribution in [0.4, 0.5) is 5.69 Å². The first-order chi connectivity index (χ1) is 8.93. The molecule has 1 aliphatic rings. The molecular formula is C14H18ClN3O. The number of nitrogens with one attached hydrogen (secondary N) is 1. The van der Waals surface area contributed by atoms with Crippen LogP contribution >= 0.6 is 11.6 Å². The topological polar surface area (TPSA) is 46.9 Å². The van der Waals surface area contributed by atoms with Crippen molar-refractivity contribution in [2.75, 3.05) is 5.32 Å². The minimum Gasteiger partial charge on any atom is -0.377 e. The summed E-state index contributed by atoms with van der Waals surface area (Å²) >= 11 is 6.06. The summed E-state index contributed by atoms with van der Waals surface area (Å²) in [6.45, 7) is 4.62. The zero-order valence-electron chi connectivity index (χ0n) is 11.2. The Kier molecular flexibility index (Phi) is 3.86. The van der Waals surface area contributed by atoms with Crippen LogP contribution in [0.2, 0.25) is 5.02 Å².